The van der Waals surface area contributed by atoms with Crippen LogP contribution in [-0.2, 0) is 5.41 Å². The maximum absolute atomic E-state index is 14.2. The van der Waals surface area contributed by atoms with Gasteiger partial charge in [0.15, 0.2) is 0 Å². The summed E-state index contributed by atoms with van der Waals surface area (Å²) in [6, 6.07) is 6.32. The van der Waals surface area contributed by atoms with Crippen LogP contribution in [0.3, 0.4) is 0 Å². The molecule has 0 radical (unpaired) electrons. The van der Waals surface area contributed by atoms with Crippen molar-refractivity contribution in [3.05, 3.63) is 54.4 Å². The molecule has 1 fully saturated rings. The molecule has 1 N–H and O–H groups in total. The van der Waals surface area contributed by atoms with Crippen LogP contribution in [0.4, 0.5) is 14.7 Å². The molecule has 0 unspecified atom stereocenters. The average molecular weight is 384 g/mol. The van der Waals surface area contributed by atoms with E-state index in [0.29, 0.717) is 29.6 Å². The molecule has 3 aromatic heterocycles. The number of ether oxygens (including phenoxy) is 1. The normalized spacial score (nSPS) is 21.0. The van der Waals surface area contributed by atoms with Crippen molar-refractivity contribution in [2.75, 3.05) is 19.0 Å². The van der Waals surface area contributed by atoms with Gasteiger partial charge in [-0.05, 0) is 31.0 Å². The number of halogens is 2. The Balaban J connectivity index is 1.47. The molecule has 9 heteroatoms. The molecule has 3 heterocycles. The Morgan fingerprint density at radius 2 is 1.93 bits per heavy atom. The van der Waals surface area contributed by atoms with Gasteiger partial charge in [-0.1, -0.05) is 0 Å². The molecule has 0 bridgehead atoms. The molecule has 1 aliphatic rings. The third-order valence-electron chi connectivity index (χ3n) is 4.87. The van der Waals surface area contributed by atoms with Crippen LogP contribution in [0.15, 0.2) is 42.9 Å². The van der Waals surface area contributed by atoms with Crippen molar-refractivity contribution in [3.63, 3.8) is 0 Å². The summed E-state index contributed by atoms with van der Waals surface area (Å²) in [7, 11) is 1.52. The van der Waals surface area contributed by atoms with E-state index in [0.717, 1.165) is 0 Å². The van der Waals surface area contributed by atoms with Crippen LogP contribution in [0, 0.1) is 5.82 Å². The fraction of sp³-hybridized carbons (Fsp3) is 0.316. The predicted molar refractivity (Wildman–Crippen MR) is 98.1 cm³/mol. The van der Waals surface area contributed by atoms with Crippen LogP contribution in [0.1, 0.15) is 18.5 Å². The van der Waals surface area contributed by atoms with Gasteiger partial charge in [0.1, 0.15) is 12.0 Å². The van der Waals surface area contributed by atoms with Gasteiger partial charge >= 0.3 is 0 Å². The minimum atomic E-state index is -0.958. The molecule has 0 aromatic carbocycles. The zero-order valence-electron chi connectivity index (χ0n) is 15.1. The van der Waals surface area contributed by atoms with Crippen LogP contribution >= 0.6 is 0 Å². The van der Waals surface area contributed by atoms with Crippen LogP contribution in [-0.4, -0.2) is 45.0 Å². The minimum absolute atomic E-state index is 0.216. The summed E-state index contributed by atoms with van der Waals surface area (Å²) in [4.78, 5) is 12.7. The molecule has 1 aliphatic carbocycles. The lowest BCUT2D eigenvalue weighted by molar-refractivity contribution is 0.0963. The Kier molecular flexibility index (Phi) is 4.81. The summed E-state index contributed by atoms with van der Waals surface area (Å²) in [5.74, 6) is 0.357. The smallest absolute Gasteiger partial charge is 0.233 e. The topological polar surface area (TPSA) is 85.7 Å². The second kappa shape index (κ2) is 7.41. The Labute approximate surface area is 160 Å². The molecule has 144 valence electrons. The number of hydrogen-bond acceptors (Lipinski definition) is 7. The first-order valence-corrected chi connectivity index (χ1v) is 8.79. The fourth-order valence-electron chi connectivity index (χ4n) is 3.37. The Bertz CT molecular complexity index is 945. The summed E-state index contributed by atoms with van der Waals surface area (Å²) in [6.07, 6.45) is 4.21. The highest BCUT2D eigenvalue weighted by Crippen LogP contribution is 2.45. The number of methoxy groups -OCH3 is 1. The number of hydrogen-bond donors (Lipinski definition) is 1. The second-order valence-corrected chi connectivity index (χ2v) is 6.73. The first kappa shape index (κ1) is 18.1. The maximum Gasteiger partial charge on any atom is 0.233 e. The van der Waals surface area contributed by atoms with Crippen molar-refractivity contribution >= 4 is 5.95 Å². The number of rotatable bonds is 6. The Morgan fingerprint density at radius 1 is 1.14 bits per heavy atom. The zero-order chi connectivity index (χ0) is 19.6. The van der Waals surface area contributed by atoms with E-state index in [9.17, 15) is 8.78 Å². The summed E-state index contributed by atoms with van der Waals surface area (Å²) in [6.45, 7) is 0.295. The Morgan fingerprint density at radius 3 is 2.54 bits per heavy atom. The molecule has 0 amide bonds. The predicted octanol–water partition coefficient (Wildman–Crippen LogP) is 2.96. The number of alkyl halides is 1. The molecule has 1 saturated carbocycles. The van der Waals surface area contributed by atoms with Gasteiger partial charge in [-0.25, -0.2) is 18.7 Å². The van der Waals surface area contributed by atoms with Crippen molar-refractivity contribution < 1.29 is 13.5 Å². The molecule has 0 spiro atoms. The van der Waals surface area contributed by atoms with E-state index in [4.69, 9.17) is 4.74 Å². The van der Waals surface area contributed by atoms with E-state index in [1.165, 1.54) is 25.4 Å². The molecule has 3 aromatic rings. The SMILES string of the molecule is COc1ccc(-c2cnc(NCC3(c4ncccc4F)CC(F)C3)nc2)nn1. The standard InChI is InChI=1S/C19H18F2N6O/c1-28-16-5-4-15(26-27-16)12-9-23-18(24-10-12)25-11-19(7-13(20)8-19)17-14(21)3-2-6-22-17/h2-6,9-10,13H,7-8,11H2,1H3,(H,23,24,25). The van der Waals surface area contributed by atoms with Crippen LogP contribution in [0.25, 0.3) is 11.3 Å². The molecule has 28 heavy (non-hydrogen) atoms. The molecule has 0 aliphatic heterocycles. The molecular weight excluding hydrogens is 366 g/mol. The van der Waals surface area contributed by atoms with Crippen molar-refractivity contribution in [2.24, 2.45) is 0 Å². The maximum atomic E-state index is 14.2. The van der Waals surface area contributed by atoms with Crippen LogP contribution in [0.5, 0.6) is 5.88 Å². The highest BCUT2D eigenvalue weighted by molar-refractivity contribution is 5.57. The number of anilines is 1. The molecule has 0 atom stereocenters. The quantitative estimate of drug-likeness (QED) is 0.699. The Hall–Kier alpha value is -3.23. The lowest BCUT2D eigenvalue weighted by Gasteiger charge is -2.43. The third kappa shape index (κ3) is 3.47. The average Bonchev–Trinajstić information content (AvgIpc) is 2.71. The van der Waals surface area contributed by atoms with E-state index in [1.54, 1.807) is 24.5 Å². The lowest BCUT2D eigenvalue weighted by atomic mass is 9.65. The van der Waals surface area contributed by atoms with Crippen molar-refractivity contribution in [1.29, 1.82) is 0 Å². The first-order valence-electron chi connectivity index (χ1n) is 8.79. The summed E-state index contributed by atoms with van der Waals surface area (Å²) >= 11 is 0. The van der Waals surface area contributed by atoms with Gasteiger partial charge < -0.3 is 10.1 Å². The second-order valence-electron chi connectivity index (χ2n) is 6.73. The van der Waals surface area contributed by atoms with E-state index in [1.807, 2.05) is 0 Å². The number of nitrogens with zero attached hydrogens (tertiary/aromatic N) is 5. The van der Waals surface area contributed by atoms with Gasteiger partial charge in [-0.15, -0.1) is 10.2 Å². The number of nitrogens with one attached hydrogen (secondary N) is 1. The molecule has 4 rings (SSSR count). The number of pyridine rings is 1. The zero-order valence-corrected chi connectivity index (χ0v) is 15.1. The molecular formula is C19H18F2N6O. The van der Waals surface area contributed by atoms with E-state index < -0.39 is 17.4 Å². The third-order valence-corrected chi connectivity index (χ3v) is 4.87. The fourth-order valence-corrected chi connectivity index (χ4v) is 3.37. The van der Waals surface area contributed by atoms with Gasteiger partial charge in [0, 0.05) is 42.2 Å². The summed E-state index contributed by atoms with van der Waals surface area (Å²) in [5.41, 5.74) is 0.882. The van der Waals surface area contributed by atoms with E-state index in [-0.39, 0.29) is 18.5 Å². The van der Waals surface area contributed by atoms with Crippen LogP contribution in [0.2, 0.25) is 0 Å². The highest BCUT2D eigenvalue weighted by atomic mass is 19.1. The summed E-state index contributed by atoms with van der Waals surface area (Å²) < 4.78 is 32.8. The monoisotopic (exact) mass is 384 g/mol. The minimum Gasteiger partial charge on any atom is -0.480 e. The number of aromatic nitrogens is 5. The van der Waals surface area contributed by atoms with Gasteiger partial charge in [-0.2, -0.15) is 0 Å². The molecule has 7 nitrogen and oxygen atoms in total. The summed E-state index contributed by atoms with van der Waals surface area (Å²) in [5, 5.41) is 11.0. The van der Waals surface area contributed by atoms with Gasteiger partial charge in [0.25, 0.3) is 0 Å². The van der Waals surface area contributed by atoms with Crippen LogP contribution < -0.4 is 10.1 Å². The van der Waals surface area contributed by atoms with Gasteiger partial charge in [0.2, 0.25) is 11.8 Å². The van der Waals surface area contributed by atoms with Crippen molar-refractivity contribution in [2.45, 2.75) is 24.4 Å². The lowest BCUT2D eigenvalue weighted by Crippen LogP contribution is -2.49. The van der Waals surface area contributed by atoms with E-state index >= 15 is 0 Å². The van der Waals surface area contributed by atoms with E-state index in [2.05, 4.69) is 30.5 Å². The van der Waals surface area contributed by atoms with Crippen molar-refractivity contribution in [1.82, 2.24) is 25.1 Å². The molecule has 0 saturated heterocycles. The van der Waals surface area contributed by atoms with Crippen molar-refractivity contribution in [3.8, 4) is 17.1 Å². The van der Waals surface area contributed by atoms with Gasteiger partial charge in [-0.3, -0.25) is 4.98 Å². The first-order chi connectivity index (χ1) is 13.6. The largest absolute Gasteiger partial charge is 0.480 e. The van der Waals surface area contributed by atoms with Gasteiger partial charge in [0.05, 0.1) is 18.5 Å². The highest BCUT2D eigenvalue weighted by Gasteiger charge is 2.48.